The van der Waals surface area contributed by atoms with E-state index in [9.17, 15) is 0 Å². The number of benzene rings is 1. The van der Waals surface area contributed by atoms with Crippen LogP contribution in [0.5, 0.6) is 6.01 Å². The lowest BCUT2D eigenvalue weighted by molar-refractivity contribution is 0.373. The van der Waals surface area contributed by atoms with E-state index in [0.29, 0.717) is 17.6 Å². The third kappa shape index (κ3) is 34.5. The fourth-order valence-corrected chi connectivity index (χ4v) is 8.75. The zero-order valence-electron chi connectivity index (χ0n) is 70.1. The molecule has 1 saturated carbocycles. The molecule has 9 heterocycles. The van der Waals surface area contributed by atoms with Crippen LogP contribution in [0.2, 0.25) is 0 Å². The van der Waals surface area contributed by atoms with E-state index in [4.69, 9.17) is 11.3 Å². The van der Waals surface area contributed by atoms with E-state index in [1.807, 2.05) is 143 Å². The summed E-state index contributed by atoms with van der Waals surface area (Å²) in [5, 5.41) is 0. The van der Waals surface area contributed by atoms with Crippen molar-refractivity contribution >= 4 is 5.69 Å². The molecule has 0 atom stereocenters. The Bertz CT molecular complexity index is 4040. The predicted molar refractivity (Wildman–Crippen MR) is 435 cm³/mol. The summed E-state index contributed by atoms with van der Waals surface area (Å²) in [5.74, 6) is 4.19. The number of pyridine rings is 2. The summed E-state index contributed by atoms with van der Waals surface area (Å²) >= 11 is 0. The van der Waals surface area contributed by atoms with Crippen molar-refractivity contribution in [1.29, 1.82) is 0 Å². The van der Waals surface area contributed by atoms with Crippen LogP contribution in [0.4, 0.5) is 5.69 Å². The Hall–Kier alpha value is -9.63. The molecule has 0 N–H and O–H groups in total. The van der Waals surface area contributed by atoms with Crippen LogP contribution >= 0.6 is 0 Å². The van der Waals surface area contributed by atoms with E-state index in [1.54, 1.807) is 44.4 Å². The highest BCUT2D eigenvalue weighted by atomic mass is 16.5. The highest BCUT2D eigenvalue weighted by Gasteiger charge is 2.28. The maximum absolute atomic E-state index is 6.90. The van der Waals surface area contributed by atoms with Crippen molar-refractivity contribution < 1.29 is 4.74 Å². The standard InChI is InChI=1S/C14H16N2.C11H16N2.C11H14N2.C9H14N2O.2C9H14N2.C9H13N.2C8H12N2/c1-14(2,3)12-9-10-15-13(16-12)11-7-5-4-6-8-11;1-11(2,3)9-6-7-12-10(13-9)8-4-5-8;1-8-9(12-5)6-7-10(13-8)11(2,3)4;1-9(2,3)7-5-6-10-8(11-7)12-4;2*1-7-10-6-5-8(11-7)9(2,3)4;1-9(2,3)8-6-4-5-7-10-8;1-8(2,3)7-6-9-4-5-10-7;1-8(2,3)7-4-5-9-6-10-7/h4-10H,1-3H3;6-8H,4-5H2,1-3H3;6-7H,1-4H3;5-6H,1-4H3;2*5-6H,1-4H3;4-7H,1-3H3;2*4-6H,1-3H3. The molecule has 18 heteroatoms. The van der Waals surface area contributed by atoms with E-state index < -0.39 is 0 Å². The Morgan fingerprint density at radius 1 is 0.330 bits per heavy atom. The second-order valence-electron chi connectivity index (χ2n) is 35.2. The molecule has 106 heavy (non-hydrogen) atoms. The van der Waals surface area contributed by atoms with Gasteiger partial charge in [-0.25, -0.2) is 59.7 Å². The van der Waals surface area contributed by atoms with Gasteiger partial charge in [-0.2, -0.15) is 4.98 Å². The van der Waals surface area contributed by atoms with Crippen LogP contribution in [0.1, 0.15) is 280 Å². The van der Waals surface area contributed by atoms with Gasteiger partial charge in [-0.15, -0.1) is 0 Å². The van der Waals surface area contributed by atoms with E-state index in [0.717, 1.165) is 85.8 Å². The molecule has 11 rings (SSSR count). The Morgan fingerprint density at radius 2 is 0.736 bits per heavy atom. The lowest BCUT2D eigenvalue weighted by Crippen LogP contribution is -2.14. The first kappa shape index (κ1) is 90.6. The lowest BCUT2D eigenvalue weighted by atomic mass is 9.91. The van der Waals surface area contributed by atoms with Crippen molar-refractivity contribution in [1.82, 2.24) is 79.7 Å². The highest BCUT2D eigenvalue weighted by molar-refractivity contribution is 5.54. The Balaban J connectivity index is 0.000000311. The minimum Gasteiger partial charge on any atom is -0.467 e. The SMILES string of the molecule is CC(C)(C)c1ccccn1.CC(C)(C)c1ccnc(-c2ccccc2)n1.CC(C)(C)c1ccnc(C2CC2)n1.CC(C)(C)c1ccncn1.CC(C)(C)c1cnccn1.COc1nccc(C(C)(C)C)n1.Cc1nccc(C(C)(C)C)n1.Cc1nccc(C(C)(C)C)n1.[C-]#[N+]c1ccc(C(C)(C)C)nc1C. The molecule has 1 aromatic carbocycles. The summed E-state index contributed by atoms with van der Waals surface area (Å²) < 4.78 is 4.93. The first-order chi connectivity index (χ1) is 48.9. The van der Waals surface area contributed by atoms with E-state index in [-0.39, 0.29) is 48.7 Å². The maximum Gasteiger partial charge on any atom is 0.316 e. The molecule has 10 aromatic rings. The largest absolute Gasteiger partial charge is 0.467 e. The molecule has 0 aliphatic heterocycles. The monoisotopic (exact) mass is 1440 g/mol. The molecule has 18 nitrogen and oxygen atoms in total. The molecule has 0 unspecified atom stereocenters. The van der Waals surface area contributed by atoms with Crippen molar-refractivity contribution in [2.75, 3.05) is 7.11 Å². The number of aromatic nitrogens is 16. The topological polar surface area (TPSA) is 220 Å². The lowest BCUT2D eigenvalue weighted by Gasteiger charge is -2.18. The molecule has 0 amide bonds. The van der Waals surface area contributed by atoms with Gasteiger partial charge in [0.25, 0.3) is 0 Å². The van der Waals surface area contributed by atoms with Crippen molar-refractivity contribution in [3.63, 3.8) is 0 Å². The van der Waals surface area contributed by atoms with Crippen molar-refractivity contribution in [3.8, 4) is 17.4 Å². The normalized spacial score (nSPS) is 12.2. The molecule has 9 aromatic heterocycles. The van der Waals surface area contributed by atoms with Crippen molar-refractivity contribution in [3.05, 3.63) is 251 Å². The average molecular weight is 1440 g/mol. The number of ether oxygens (including phenoxy) is 1. The molecule has 0 radical (unpaired) electrons. The Kier molecular flexibility index (Phi) is 34.3. The molecular formula is C88H125N17O. The van der Waals surface area contributed by atoms with Gasteiger partial charge in [0.05, 0.1) is 25.1 Å². The van der Waals surface area contributed by atoms with Gasteiger partial charge in [0.1, 0.15) is 23.8 Å². The Labute approximate surface area is 637 Å². The predicted octanol–water partition coefficient (Wildman–Crippen LogP) is 21.2. The zero-order chi connectivity index (χ0) is 80.1. The van der Waals surface area contributed by atoms with Crippen LogP contribution < -0.4 is 4.74 Å². The minimum absolute atomic E-state index is 0.0518. The first-order valence-corrected chi connectivity index (χ1v) is 36.4. The van der Waals surface area contributed by atoms with Crippen LogP contribution in [0.15, 0.2) is 165 Å². The number of nitrogens with zero attached hydrogens (tertiary/aromatic N) is 17. The number of methoxy groups -OCH3 is 1. The second kappa shape index (κ2) is 40.2. The fourth-order valence-electron chi connectivity index (χ4n) is 8.75. The van der Waals surface area contributed by atoms with Crippen LogP contribution in [0.25, 0.3) is 16.2 Å². The number of hydrogen-bond acceptors (Lipinski definition) is 17. The van der Waals surface area contributed by atoms with Gasteiger partial charge in [0.15, 0.2) is 5.82 Å². The van der Waals surface area contributed by atoms with Gasteiger partial charge in [-0.1, -0.05) is 235 Å². The van der Waals surface area contributed by atoms with Gasteiger partial charge in [0.2, 0.25) is 5.69 Å². The van der Waals surface area contributed by atoms with Crippen LogP contribution in [0, 0.1) is 27.3 Å². The summed E-state index contributed by atoms with van der Waals surface area (Å²) in [6.07, 6.45) is 22.0. The van der Waals surface area contributed by atoms with E-state index >= 15 is 0 Å². The third-order valence-corrected chi connectivity index (χ3v) is 15.6. The van der Waals surface area contributed by atoms with Gasteiger partial charge >= 0.3 is 6.01 Å². The molecule has 568 valence electrons. The zero-order valence-corrected chi connectivity index (χ0v) is 70.1. The molecule has 0 saturated heterocycles. The average Bonchev–Trinajstić information content (AvgIpc) is 1.59. The summed E-state index contributed by atoms with van der Waals surface area (Å²) in [6.45, 7) is 70.4. The summed E-state index contributed by atoms with van der Waals surface area (Å²) in [7, 11) is 1.57. The van der Waals surface area contributed by atoms with Crippen molar-refractivity contribution in [2.24, 2.45) is 0 Å². The van der Waals surface area contributed by atoms with Crippen LogP contribution in [0.3, 0.4) is 0 Å². The molecule has 0 spiro atoms. The number of aryl methyl sites for hydroxylation is 3. The molecular weight excluding hydrogens is 1310 g/mol. The van der Waals surface area contributed by atoms with Gasteiger partial charge in [-0.3, -0.25) is 19.9 Å². The third-order valence-electron chi connectivity index (χ3n) is 15.6. The van der Waals surface area contributed by atoms with Crippen LogP contribution in [-0.4, -0.2) is 86.9 Å². The van der Waals surface area contributed by atoms with Gasteiger partial charge in [-0.05, 0) is 82.1 Å². The van der Waals surface area contributed by atoms with Crippen molar-refractivity contribution in [2.45, 2.75) is 275 Å². The summed E-state index contributed by atoms with van der Waals surface area (Å²) in [4.78, 5) is 70.9. The van der Waals surface area contributed by atoms with Gasteiger partial charge < -0.3 is 4.74 Å². The molecule has 1 aliphatic carbocycles. The minimum atomic E-state index is 0.0518. The second-order valence-corrected chi connectivity index (χ2v) is 35.2. The van der Waals surface area contributed by atoms with E-state index in [2.05, 4.69) is 278 Å². The number of hydrogen-bond donors (Lipinski definition) is 0. The van der Waals surface area contributed by atoms with Gasteiger partial charge in [0, 0.05) is 168 Å². The summed E-state index contributed by atoms with van der Waals surface area (Å²) in [5.41, 5.74) is 13.3. The fraction of sp³-hybridized carbons (Fsp3) is 0.489. The number of rotatable bonds is 3. The Morgan fingerprint density at radius 3 is 1.09 bits per heavy atom. The quantitative estimate of drug-likeness (QED) is 0.150. The smallest absolute Gasteiger partial charge is 0.316 e. The van der Waals surface area contributed by atoms with Crippen LogP contribution in [-0.2, 0) is 48.7 Å². The maximum atomic E-state index is 6.90. The summed E-state index contributed by atoms with van der Waals surface area (Å²) in [6, 6.07) is 32.1. The first-order valence-electron chi connectivity index (χ1n) is 36.4. The highest BCUT2D eigenvalue weighted by Crippen LogP contribution is 2.38. The molecule has 1 fully saturated rings. The molecule has 1 aliphatic rings. The molecule has 0 bridgehead atoms. The van der Waals surface area contributed by atoms with E-state index in [1.165, 1.54) is 12.8 Å².